The highest BCUT2D eigenvalue weighted by Gasteiger charge is 2.00. The molecule has 0 saturated carbocycles. The minimum atomic E-state index is -0.171. The van der Waals surface area contributed by atoms with E-state index >= 15 is 0 Å². The van der Waals surface area contributed by atoms with Crippen LogP contribution in [0.25, 0.3) is 0 Å². The number of aliphatic hydroxyl groups is 1. The summed E-state index contributed by atoms with van der Waals surface area (Å²) in [4.78, 5) is 1.23. The molecular weight excluding hydrogens is 168 g/mol. The lowest BCUT2D eigenvalue weighted by atomic mass is 10.3. The number of thioether (sulfide) groups is 1. The third-order valence-electron chi connectivity index (χ3n) is 1.66. The summed E-state index contributed by atoms with van der Waals surface area (Å²) in [5.74, 6) is 0.792. The van der Waals surface area contributed by atoms with Crippen LogP contribution in [0.3, 0.4) is 0 Å². The van der Waals surface area contributed by atoms with Crippen molar-refractivity contribution in [2.24, 2.45) is 0 Å². The summed E-state index contributed by atoms with van der Waals surface area (Å²) in [7, 11) is 0. The zero-order valence-corrected chi connectivity index (χ0v) is 8.05. The maximum Gasteiger partial charge on any atom is 0.0631 e. The molecule has 1 rings (SSSR count). The van der Waals surface area contributed by atoms with Crippen molar-refractivity contribution in [3.63, 3.8) is 0 Å². The Kier molecular flexibility index (Phi) is 4.19. The summed E-state index contributed by atoms with van der Waals surface area (Å²) >= 11 is 1.70. The van der Waals surface area contributed by atoms with E-state index in [9.17, 15) is 5.11 Å². The fourth-order valence-corrected chi connectivity index (χ4v) is 1.80. The minimum absolute atomic E-state index is 0.171. The van der Waals surface area contributed by atoms with Gasteiger partial charge in [-0.1, -0.05) is 25.1 Å². The maximum atomic E-state index is 9.30. The topological polar surface area (TPSA) is 20.2 Å². The second-order valence-electron chi connectivity index (χ2n) is 2.69. The minimum Gasteiger partial charge on any atom is -0.392 e. The van der Waals surface area contributed by atoms with E-state index in [2.05, 4.69) is 12.1 Å². The lowest BCUT2D eigenvalue weighted by molar-refractivity contribution is 0.195. The Morgan fingerprint density at radius 2 is 2.00 bits per heavy atom. The van der Waals surface area contributed by atoms with Crippen LogP contribution >= 0.6 is 11.8 Å². The van der Waals surface area contributed by atoms with Crippen LogP contribution in [0.5, 0.6) is 0 Å². The van der Waals surface area contributed by atoms with Crippen LogP contribution in [0.15, 0.2) is 35.2 Å². The molecule has 0 aliphatic heterocycles. The second kappa shape index (κ2) is 5.22. The van der Waals surface area contributed by atoms with Crippen LogP contribution in [0.4, 0.5) is 0 Å². The third kappa shape index (κ3) is 3.28. The molecule has 2 heteroatoms. The predicted molar refractivity (Wildman–Crippen MR) is 53.5 cm³/mol. The number of aliphatic hydroxyl groups excluding tert-OH is 1. The first kappa shape index (κ1) is 9.62. The average Bonchev–Trinajstić information content (AvgIpc) is 2.16. The normalized spacial score (nSPS) is 12.8. The van der Waals surface area contributed by atoms with Gasteiger partial charge in [0.05, 0.1) is 6.10 Å². The Morgan fingerprint density at radius 1 is 1.33 bits per heavy atom. The van der Waals surface area contributed by atoms with E-state index < -0.39 is 0 Å². The van der Waals surface area contributed by atoms with Crippen LogP contribution in [0, 0.1) is 0 Å². The molecule has 1 aromatic carbocycles. The van der Waals surface area contributed by atoms with Gasteiger partial charge in [-0.2, -0.15) is 0 Å². The van der Waals surface area contributed by atoms with Gasteiger partial charge in [0.2, 0.25) is 0 Å². The highest BCUT2D eigenvalue weighted by Crippen LogP contribution is 2.18. The number of hydrogen-bond acceptors (Lipinski definition) is 2. The molecule has 0 amide bonds. The van der Waals surface area contributed by atoms with E-state index in [1.807, 2.05) is 25.1 Å². The number of benzene rings is 1. The Labute approximate surface area is 77.8 Å². The quantitative estimate of drug-likeness (QED) is 0.722. The molecule has 0 fully saturated rings. The van der Waals surface area contributed by atoms with Gasteiger partial charge in [0.25, 0.3) is 0 Å². The summed E-state index contributed by atoms with van der Waals surface area (Å²) in [6.45, 7) is 2.00. The lowest BCUT2D eigenvalue weighted by Gasteiger charge is -2.06. The molecule has 0 spiro atoms. The Morgan fingerprint density at radius 3 is 2.58 bits per heavy atom. The summed E-state index contributed by atoms with van der Waals surface area (Å²) in [5.41, 5.74) is 0. The van der Waals surface area contributed by atoms with Crippen molar-refractivity contribution in [1.29, 1.82) is 0 Å². The van der Waals surface area contributed by atoms with Crippen LogP contribution in [0.2, 0.25) is 0 Å². The van der Waals surface area contributed by atoms with Crippen molar-refractivity contribution in [3.05, 3.63) is 30.3 Å². The van der Waals surface area contributed by atoms with E-state index in [1.54, 1.807) is 11.8 Å². The van der Waals surface area contributed by atoms with Crippen molar-refractivity contribution in [2.45, 2.75) is 24.3 Å². The second-order valence-corrected chi connectivity index (χ2v) is 3.78. The molecule has 1 N–H and O–H groups in total. The molecule has 66 valence electrons. The average molecular weight is 182 g/mol. The van der Waals surface area contributed by atoms with Crippen LogP contribution < -0.4 is 0 Å². The van der Waals surface area contributed by atoms with Gasteiger partial charge >= 0.3 is 0 Å². The molecule has 0 unspecified atom stereocenters. The number of hydrogen-bond donors (Lipinski definition) is 1. The maximum absolute atomic E-state index is 9.30. The molecule has 0 heterocycles. The van der Waals surface area contributed by atoms with Gasteiger partial charge in [0.15, 0.2) is 0 Å². The Bertz CT molecular complexity index is 210. The Balaban J connectivity index is 2.33. The zero-order valence-electron chi connectivity index (χ0n) is 7.23. The number of rotatable bonds is 4. The molecule has 0 aliphatic carbocycles. The van der Waals surface area contributed by atoms with Crippen molar-refractivity contribution in [3.8, 4) is 0 Å². The molecule has 1 nitrogen and oxygen atoms in total. The molecule has 0 aliphatic rings. The van der Waals surface area contributed by atoms with E-state index in [0.717, 1.165) is 12.2 Å². The summed E-state index contributed by atoms with van der Waals surface area (Å²) in [6, 6.07) is 10.2. The standard InChI is InChI=1S/C10H14OS/c1-2-9(11)8-12-10-6-4-3-5-7-10/h3-7,9,11H,2,8H2,1H3/t9-/m1/s1. The first-order valence-electron chi connectivity index (χ1n) is 4.19. The molecule has 1 aromatic rings. The van der Waals surface area contributed by atoms with Gasteiger partial charge in [-0.15, -0.1) is 11.8 Å². The fourth-order valence-electron chi connectivity index (χ4n) is 0.827. The largest absolute Gasteiger partial charge is 0.392 e. The van der Waals surface area contributed by atoms with Crippen molar-refractivity contribution < 1.29 is 5.11 Å². The van der Waals surface area contributed by atoms with Gasteiger partial charge in [-0.05, 0) is 18.6 Å². The van der Waals surface area contributed by atoms with Crippen LogP contribution in [0.1, 0.15) is 13.3 Å². The predicted octanol–water partition coefficient (Wildman–Crippen LogP) is 2.55. The van der Waals surface area contributed by atoms with Gasteiger partial charge in [-0.3, -0.25) is 0 Å². The van der Waals surface area contributed by atoms with E-state index in [1.165, 1.54) is 4.90 Å². The fraction of sp³-hybridized carbons (Fsp3) is 0.400. The zero-order chi connectivity index (χ0) is 8.81. The highest BCUT2D eigenvalue weighted by molar-refractivity contribution is 7.99. The SMILES string of the molecule is CC[C@@H](O)CSc1ccccc1. The van der Waals surface area contributed by atoms with E-state index in [0.29, 0.717) is 0 Å². The summed E-state index contributed by atoms with van der Waals surface area (Å²) in [6.07, 6.45) is 0.662. The molecule has 0 aromatic heterocycles. The summed E-state index contributed by atoms with van der Waals surface area (Å²) in [5, 5.41) is 9.30. The molecule has 0 bridgehead atoms. The van der Waals surface area contributed by atoms with Gasteiger partial charge in [-0.25, -0.2) is 0 Å². The third-order valence-corrected chi connectivity index (χ3v) is 2.81. The lowest BCUT2D eigenvalue weighted by Crippen LogP contribution is -2.06. The van der Waals surface area contributed by atoms with Gasteiger partial charge < -0.3 is 5.11 Å². The molecule has 12 heavy (non-hydrogen) atoms. The monoisotopic (exact) mass is 182 g/mol. The first-order chi connectivity index (χ1) is 5.83. The van der Waals surface area contributed by atoms with Crippen molar-refractivity contribution in [1.82, 2.24) is 0 Å². The van der Waals surface area contributed by atoms with Gasteiger partial charge in [0, 0.05) is 10.6 Å². The smallest absolute Gasteiger partial charge is 0.0631 e. The first-order valence-corrected chi connectivity index (χ1v) is 5.17. The molecule has 1 atom stereocenters. The highest BCUT2D eigenvalue weighted by atomic mass is 32.2. The molecule has 0 saturated heterocycles. The van der Waals surface area contributed by atoms with Crippen LogP contribution in [-0.2, 0) is 0 Å². The summed E-state index contributed by atoms with van der Waals surface area (Å²) < 4.78 is 0. The van der Waals surface area contributed by atoms with Crippen molar-refractivity contribution in [2.75, 3.05) is 5.75 Å². The van der Waals surface area contributed by atoms with Crippen LogP contribution in [-0.4, -0.2) is 17.0 Å². The van der Waals surface area contributed by atoms with Crippen molar-refractivity contribution >= 4 is 11.8 Å². The van der Waals surface area contributed by atoms with E-state index in [-0.39, 0.29) is 6.10 Å². The van der Waals surface area contributed by atoms with E-state index in [4.69, 9.17) is 0 Å². The Hall–Kier alpha value is -0.470. The van der Waals surface area contributed by atoms with Gasteiger partial charge in [0.1, 0.15) is 0 Å². The molecular formula is C10H14OS. The molecule has 0 radical (unpaired) electrons.